The Morgan fingerprint density at radius 2 is 2.06 bits per heavy atom. The molecule has 0 rings (SSSR count). The van der Waals surface area contributed by atoms with Gasteiger partial charge in [0.15, 0.2) is 0 Å². The van der Waals surface area contributed by atoms with Gasteiger partial charge in [-0.05, 0) is 26.7 Å². The van der Waals surface area contributed by atoms with E-state index in [2.05, 4.69) is 19.2 Å². The second kappa shape index (κ2) is 6.86. The summed E-state index contributed by atoms with van der Waals surface area (Å²) < 4.78 is 0. The Bertz CT molecular complexity index is 219. The molecule has 0 radical (unpaired) electrons. The molecule has 0 aliphatic carbocycles. The highest BCUT2D eigenvalue weighted by atomic mass is 16.3. The van der Waals surface area contributed by atoms with Crippen LogP contribution in [0.2, 0.25) is 0 Å². The quantitative estimate of drug-likeness (QED) is 0.686. The maximum atomic E-state index is 11.5. The fourth-order valence-corrected chi connectivity index (χ4v) is 1.69. The number of carbonyl (C=O) groups excluding carboxylic acids is 1. The monoisotopic (exact) mass is 230 g/mol. The number of hydrogen-bond acceptors (Lipinski definition) is 3. The molecule has 4 heteroatoms. The summed E-state index contributed by atoms with van der Waals surface area (Å²) in [4.78, 5) is 13.1. The molecule has 16 heavy (non-hydrogen) atoms. The van der Waals surface area contributed by atoms with Gasteiger partial charge in [0.25, 0.3) is 0 Å². The molecule has 0 aromatic carbocycles. The highest BCUT2D eigenvalue weighted by molar-refractivity contribution is 5.76. The van der Waals surface area contributed by atoms with Crippen molar-refractivity contribution >= 4 is 5.91 Å². The molecule has 0 aliphatic rings. The lowest BCUT2D eigenvalue weighted by atomic mass is 9.93. The first-order valence-electron chi connectivity index (χ1n) is 5.93. The molecule has 0 aromatic heterocycles. The Morgan fingerprint density at radius 1 is 1.50 bits per heavy atom. The van der Waals surface area contributed by atoms with E-state index >= 15 is 0 Å². The van der Waals surface area contributed by atoms with Crippen molar-refractivity contribution in [1.29, 1.82) is 0 Å². The van der Waals surface area contributed by atoms with Crippen molar-refractivity contribution in [2.75, 3.05) is 20.7 Å². The molecule has 2 N–H and O–H groups in total. The Labute approximate surface area is 99.0 Å². The van der Waals surface area contributed by atoms with E-state index in [0.717, 1.165) is 6.42 Å². The van der Waals surface area contributed by atoms with Gasteiger partial charge in [0.2, 0.25) is 5.91 Å². The Kier molecular flexibility index (Phi) is 6.60. The number of aliphatic hydroxyl groups is 1. The van der Waals surface area contributed by atoms with Gasteiger partial charge in [0.1, 0.15) is 0 Å². The summed E-state index contributed by atoms with van der Waals surface area (Å²) in [6.45, 7) is 6.35. The third-order valence-electron chi connectivity index (χ3n) is 3.02. The van der Waals surface area contributed by atoms with Crippen molar-refractivity contribution in [3.05, 3.63) is 0 Å². The number of nitrogens with zero attached hydrogens (tertiary/aromatic N) is 1. The maximum absolute atomic E-state index is 11.5. The molecule has 0 fully saturated rings. The van der Waals surface area contributed by atoms with E-state index in [1.165, 1.54) is 0 Å². The molecule has 0 bridgehead atoms. The van der Waals surface area contributed by atoms with E-state index in [1.807, 2.05) is 6.92 Å². The third kappa shape index (κ3) is 5.47. The lowest BCUT2D eigenvalue weighted by Crippen LogP contribution is -2.48. The van der Waals surface area contributed by atoms with Crippen molar-refractivity contribution < 1.29 is 9.90 Å². The van der Waals surface area contributed by atoms with Crippen LogP contribution in [0.25, 0.3) is 0 Å². The van der Waals surface area contributed by atoms with E-state index in [1.54, 1.807) is 19.0 Å². The first-order chi connectivity index (χ1) is 7.34. The number of nitrogens with one attached hydrogen (secondary N) is 1. The fraction of sp³-hybridized carbons (Fsp3) is 0.917. The van der Waals surface area contributed by atoms with Crippen LogP contribution in [-0.2, 0) is 4.79 Å². The molecule has 1 amide bonds. The highest BCUT2D eigenvalue weighted by Gasteiger charge is 2.24. The zero-order valence-corrected chi connectivity index (χ0v) is 11.2. The minimum absolute atomic E-state index is 0.0826. The minimum Gasteiger partial charge on any atom is -0.396 e. The molecule has 96 valence electrons. The minimum atomic E-state index is -0.0826. The van der Waals surface area contributed by atoms with Gasteiger partial charge >= 0.3 is 0 Å². The van der Waals surface area contributed by atoms with Crippen molar-refractivity contribution in [3.8, 4) is 0 Å². The second-order valence-corrected chi connectivity index (χ2v) is 4.93. The van der Waals surface area contributed by atoms with Gasteiger partial charge in [0.05, 0.1) is 0 Å². The molecule has 0 spiro atoms. The van der Waals surface area contributed by atoms with Gasteiger partial charge in [-0.3, -0.25) is 4.79 Å². The Balaban J connectivity index is 4.20. The molecule has 0 aromatic rings. The van der Waals surface area contributed by atoms with Crippen LogP contribution in [0, 0.1) is 0 Å². The SMILES string of the molecule is CCC(C)(CCO)NC(C)CC(=O)N(C)C. The van der Waals surface area contributed by atoms with Crippen molar-refractivity contribution in [1.82, 2.24) is 10.2 Å². The van der Waals surface area contributed by atoms with E-state index in [4.69, 9.17) is 5.11 Å². The smallest absolute Gasteiger partial charge is 0.223 e. The summed E-state index contributed by atoms with van der Waals surface area (Å²) in [6, 6.07) is 0.131. The van der Waals surface area contributed by atoms with E-state index in [-0.39, 0.29) is 24.1 Å². The molecule has 0 saturated carbocycles. The zero-order valence-electron chi connectivity index (χ0n) is 11.2. The molecule has 2 atom stereocenters. The van der Waals surface area contributed by atoms with Crippen molar-refractivity contribution in [3.63, 3.8) is 0 Å². The Morgan fingerprint density at radius 3 is 2.44 bits per heavy atom. The molecular weight excluding hydrogens is 204 g/mol. The number of aliphatic hydroxyl groups excluding tert-OH is 1. The lowest BCUT2D eigenvalue weighted by molar-refractivity contribution is -0.129. The summed E-state index contributed by atoms with van der Waals surface area (Å²) in [5.74, 6) is 0.127. The van der Waals surface area contributed by atoms with Crippen LogP contribution in [0.4, 0.5) is 0 Å². The van der Waals surface area contributed by atoms with Gasteiger partial charge in [-0.25, -0.2) is 0 Å². The van der Waals surface area contributed by atoms with Crippen LogP contribution in [0.5, 0.6) is 0 Å². The first-order valence-corrected chi connectivity index (χ1v) is 5.93. The normalized spacial score (nSPS) is 16.6. The third-order valence-corrected chi connectivity index (χ3v) is 3.02. The van der Waals surface area contributed by atoms with Gasteiger partial charge in [0, 0.05) is 38.7 Å². The topological polar surface area (TPSA) is 52.6 Å². The van der Waals surface area contributed by atoms with Gasteiger partial charge < -0.3 is 15.3 Å². The van der Waals surface area contributed by atoms with Crippen molar-refractivity contribution in [2.24, 2.45) is 0 Å². The summed E-state index contributed by atoms with van der Waals surface area (Å²) in [7, 11) is 3.53. The van der Waals surface area contributed by atoms with E-state index in [9.17, 15) is 4.79 Å². The summed E-state index contributed by atoms with van der Waals surface area (Å²) >= 11 is 0. The number of amides is 1. The lowest BCUT2D eigenvalue weighted by Gasteiger charge is -2.33. The van der Waals surface area contributed by atoms with Crippen LogP contribution < -0.4 is 5.32 Å². The molecular formula is C12H26N2O2. The molecule has 0 aliphatic heterocycles. The zero-order chi connectivity index (χ0) is 12.8. The van der Waals surface area contributed by atoms with Gasteiger partial charge in [-0.1, -0.05) is 6.92 Å². The number of hydrogen-bond donors (Lipinski definition) is 2. The largest absolute Gasteiger partial charge is 0.396 e. The van der Waals surface area contributed by atoms with E-state index in [0.29, 0.717) is 12.8 Å². The predicted octanol–water partition coefficient (Wildman–Crippen LogP) is 0.994. The van der Waals surface area contributed by atoms with Crippen LogP contribution in [0.3, 0.4) is 0 Å². The number of carbonyl (C=O) groups is 1. The van der Waals surface area contributed by atoms with Crippen LogP contribution >= 0.6 is 0 Å². The average Bonchev–Trinajstić information content (AvgIpc) is 2.17. The molecule has 2 unspecified atom stereocenters. The summed E-state index contributed by atoms with van der Waals surface area (Å²) in [5.41, 5.74) is -0.0826. The average molecular weight is 230 g/mol. The van der Waals surface area contributed by atoms with Gasteiger partial charge in [-0.2, -0.15) is 0 Å². The van der Waals surface area contributed by atoms with Crippen LogP contribution in [0.1, 0.15) is 40.0 Å². The predicted molar refractivity (Wildman–Crippen MR) is 66.3 cm³/mol. The standard InChI is InChI=1S/C12H26N2O2/c1-6-12(3,7-8-15)13-10(2)9-11(16)14(4)5/h10,13,15H,6-9H2,1-5H3. The van der Waals surface area contributed by atoms with Crippen LogP contribution in [0.15, 0.2) is 0 Å². The van der Waals surface area contributed by atoms with E-state index < -0.39 is 0 Å². The van der Waals surface area contributed by atoms with Gasteiger partial charge in [-0.15, -0.1) is 0 Å². The maximum Gasteiger partial charge on any atom is 0.223 e. The fourth-order valence-electron chi connectivity index (χ4n) is 1.69. The first kappa shape index (κ1) is 15.4. The summed E-state index contributed by atoms with van der Waals surface area (Å²) in [6.07, 6.45) is 2.14. The second-order valence-electron chi connectivity index (χ2n) is 4.93. The van der Waals surface area contributed by atoms with Crippen LogP contribution in [-0.4, -0.2) is 48.2 Å². The molecule has 0 saturated heterocycles. The Hall–Kier alpha value is -0.610. The molecule has 0 heterocycles. The molecule has 4 nitrogen and oxygen atoms in total. The summed E-state index contributed by atoms with van der Waals surface area (Å²) in [5, 5.41) is 12.4. The highest BCUT2D eigenvalue weighted by Crippen LogP contribution is 2.15. The van der Waals surface area contributed by atoms with Crippen molar-refractivity contribution in [2.45, 2.75) is 51.6 Å². The number of rotatable bonds is 7.